The lowest BCUT2D eigenvalue weighted by Gasteiger charge is -2.37. The normalized spacial score (nSPS) is 24.2. The highest BCUT2D eigenvalue weighted by Crippen LogP contribution is 2.30. The Bertz CT molecular complexity index is 552. The van der Waals surface area contributed by atoms with Gasteiger partial charge in [0.25, 0.3) is 0 Å². The van der Waals surface area contributed by atoms with Crippen molar-refractivity contribution in [1.82, 2.24) is 10.2 Å². The standard InChI is InChI=1S/C16H21ClN2O3/c1-2-21-16-11(4-3-5-12(16)17)8-15(20)19-6-7-22-14-10-18-9-13(14)19/h3-5,13-14,18H,2,6-10H2,1H3/t13-,14+/m0/s1. The molecule has 0 aromatic heterocycles. The highest BCUT2D eigenvalue weighted by molar-refractivity contribution is 6.32. The number of fused-ring (bicyclic) bond motifs is 1. The molecular weight excluding hydrogens is 304 g/mol. The fourth-order valence-corrected chi connectivity index (χ4v) is 3.41. The van der Waals surface area contributed by atoms with E-state index in [4.69, 9.17) is 21.1 Å². The maximum Gasteiger partial charge on any atom is 0.227 e. The summed E-state index contributed by atoms with van der Waals surface area (Å²) in [6, 6.07) is 5.68. The van der Waals surface area contributed by atoms with Gasteiger partial charge in [0.05, 0.1) is 36.8 Å². The summed E-state index contributed by atoms with van der Waals surface area (Å²) in [4.78, 5) is 14.7. The van der Waals surface area contributed by atoms with Crippen molar-refractivity contribution in [2.24, 2.45) is 0 Å². The predicted octanol–water partition coefficient (Wildman–Crippen LogP) is 1.48. The predicted molar refractivity (Wildman–Crippen MR) is 84.4 cm³/mol. The van der Waals surface area contributed by atoms with Crippen LogP contribution in [-0.4, -0.2) is 55.8 Å². The Kier molecular flexibility index (Phi) is 4.86. The van der Waals surface area contributed by atoms with E-state index < -0.39 is 0 Å². The third kappa shape index (κ3) is 3.07. The molecule has 0 unspecified atom stereocenters. The number of para-hydroxylation sites is 1. The molecular formula is C16H21ClN2O3. The third-order valence-corrected chi connectivity index (χ3v) is 4.49. The van der Waals surface area contributed by atoms with Crippen LogP contribution in [0.15, 0.2) is 18.2 Å². The van der Waals surface area contributed by atoms with Crippen LogP contribution in [0, 0.1) is 0 Å². The summed E-state index contributed by atoms with van der Waals surface area (Å²) in [6.07, 6.45) is 0.419. The summed E-state index contributed by atoms with van der Waals surface area (Å²) in [5.74, 6) is 0.722. The van der Waals surface area contributed by atoms with Crippen LogP contribution < -0.4 is 10.1 Å². The summed E-state index contributed by atoms with van der Waals surface area (Å²) >= 11 is 6.19. The summed E-state index contributed by atoms with van der Waals surface area (Å²) < 4.78 is 11.3. The van der Waals surface area contributed by atoms with E-state index >= 15 is 0 Å². The fourth-order valence-electron chi connectivity index (χ4n) is 3.16. The Morgan fingerprint density at radius 1 is 1.50 bits per heavy atom. The van der Waals surface area contributed by atoms with Gasteiger partial charge in [-0.1, -0.05) is 23.7 Å². The van der Waals surface area contributed by atoms with Gasteiger partial charge >= 0.3 is 0 Å². The Morgan fingerprint density at radius 2 is 2.36 bits per heavy atom. The first-order valence-corrected chi connectivity index (χ1v) is 8.10. The maximum absolute atomic E-state index is 12.7. The molecule has 120 valence electrons. The van der Waals surface area contributed by atoms with Crippen LogP contribution in [-0.2, 0) is 16.0 Å². The van der Waals surface area contributed by atoms with Gasteiger partial charge in [-0.25, -0.2) is 0 Å². The first kappa shape index (κ1) is 15.6. The minimum absolute atomic E-state index is 0.102. The van der Waals surface area contributed by atoms with Gasteiger partial charge in [0.15, 0.2) is 0 Å². The van der Waals surface area contributed by atoms with Gasteiger partial charge in [-0.2, -0.15) is 0 Å². The third-order valence-electron chi connectivity index (χ3n) is 4.19. The highest BCUT2D eigenvalue weighted by Gasteiger charge is 2.38. The Balaban J connectivity index is 1.75. The molecule has 1 N–H and O–H groups in total. The lowest BCUT2D eigenvalue weighted by Crippen LogP contribution is -2.53. The molecule has 2 aliphatic rings. The van der Waals surface area contributed by atoms with Gasteiger partial charge in [-0.3, -0.25) is 4.79 Å². The zero-order chi connectivity index (χ0) is 15.5. The first-order chi connectivity index (χ1) is 10.7. The molecule has 0 spiro atoms. The first-order valence-electron chi connectivity index (χ1n) is 7.72. The SMILES string of the molecule is CCOc1c(Cl)cccc1CC(=O)N1CCO[C@@H]2CNC[C@@H]21. The molecule has 0 aliphatic carbocycles. The van der Waals surface area contributed by atoms with Gasteiger partial charge in [0, 0.05) is 25.2 Å². The molecule has 22 heavy (non-hydrogen) atoms. The van der Waals surface area contributed by atoms with E-state index in [1.807, 2.05) is 24.0 Å². The van der Waals surface area contributed by atoms with E-state index in [1.54, 1.807) is 6.07 Å². The van der Waals surface area contributed by atoms with Gasteiger partial charge in [0.1, 0.15) is 5.75 Å². The lowest BCUT2D eigenvalue weighted by molar-refractivity contribution is -0.142. The molecule has 2 heterocycles. The van der Waals surface area contributed by atoms with Crippen LogP contribution >= 0.6 is 11.6 Å². The van der Waals surface area contributed by atoms with E-state index in [9.17, 15) is 4.79 Å². The largest absolute Gasteiger partial charge is 0.492 e. The van der Waals surface area contributed by atoms with Crippen LogP contribution in [0.5, 0.6) is 5.75 Å². The number of nitrogens with zero attached hydrogens (tertiary/aromatic N) is 1. The van der Waals surface area contributed by atoms with Crippen molar-refractivity contribution in [3.63, 3.8) is 0 Å². The summed E-state index contributed by atoms with van der Waals surface area (Å²) in [7, 11) is 0. The number of carbonyl (C=O) groups is 1. The van der Waals surface area contributed by atoms with Gasteiger partial charge in [0.2, 0.25) is 5.91 Å². The van der Waals surface area contributed by atoms with Gasteiger partial charge < -0.3 is 19.7 Å². The number of amides is 1. The number of rotatable bonds is 4. The number of morpholine rings is 1. The van der Waals surface area contributed by atoms with Crippen molar-refractivity contribution >= 4 is 17.5 Å². The van der Waals surface area contributed by atoms with Crippen molar-refractivity contribution in [2.45, 2.75) is 25.5 Å². The molecule has 3 rings (SSSR count). The minimum atomic E-state index is 0.102. The number of nitrogens with one attached hydrogen (secondary N) is 1. The second-order valence-electron chi connectivity index (χ2n) is 5.56. The highest BCUT2D eigenvalue weighted by atomic mass is 35.5. The molecule has 2 saturated heterocycles. The zero-order valence-corrected chi connectivity index (χ0v) is 13.4. The number of ether oxygens (including phenoxy) is 2. The Morgan fingerprint density at radius 3 is 3.18 bits per heavy atom. The van der Waals surface area contributed by atoms with Crippen molar-refractivity contribution in [3.05, 3.63) is 28.8 Å². The fraction of sp³-hybridized carbons (Fsp3) is 0.562. The number of halogens is 1. The summed E-state index contributed by atoms with van der Waals surface area (Å²) in [6.45, 7) is 5.29. The summed E-state index contributed by atoms with van der Waals surface area (Å²) in [5.41, 5.74) is 0.841. The molecule has 2 atom stereocenters. The van der Waals surface area contributed by atoms with Crippen LogP contribution in [0.25, 0.3) is 0 Å². The van der Waals surface area contributed by atoms with E-state index in [0.29, 0.717) is 37.0 Å². The second-order valence-corrected chi connectivity index (χ2v) is 5.97. The number of benzene rings is 1. The smallest absolute Gasteiger partial charge is 0.227 e. The van der Waals surface area contributed by atoms with E-state index in [1.165, 1.54) is 0 Å². The second kappa shape index (κ2) is 6.86. The van der Waals surface area contributed by atoms with Crippen molar-refractivity contribution in [1.29, 1.82) is 0 Å². The zero-order valence-electron chi connectivity index (χ0n) is 12.7. The minimum Gasteiger partial charge on any atom is -0.492 e. The molecule has 1 amide bonds. The van der Waals surface area contributed by atoms with Crippen molar-refractivity contribution < 1.29 is 14.3 Å². The topological polar surface area (TPSA) is 50.8 Å². The van der Waals surface area contributed by atoms with Crippen LogP contribution in [0.2, 0.25) is 5.02 Å². The molecule has 2 aliphatic heterocycles. The molecule has 2 fully saturated rings. The quantitative estimate of drug-likeness (QED) is 0.911. The van der Waals surface area contributed by atoms with E-state index in [-0.39, 0.29) is 18.1 Å². The van der Waals surface area contributed by atoms with Crippen LogP contribution in [0.3, 0.4) is 0 Å². The number of carbonyl (C=O) groups excluding carboxylic acids is 1. The molecule has 1 aromatic rings. The number of hydrogen-bond acceptors (Lipinski definition) is 4. The number of hydrogen-bond donors (Lipinski definition) is 1. The Hall–Kier alpha value is -1.30. The van der Waals surface area contributed by atoms with Gasteiger partial charge in [-0.15, -0.1) is 0 Å². The average Bonchev–Trinajstić information content (AvgIpc) is 2.99. The van der Waals surface area contributed by atoms with Crippen molar-refractivity contribution in [3.8, 4) is 5.75 Å². The average molecular weight is 325 g/mol. The molecule has 5 nitrogen and oxygen atoms in total. The van der Waals surface area contributed by atoms with Crippen molar-refractivity contribution in [2.75, 3.05) is 32.8 Å². The maximum atomic E-state index is 12.7. The Labute approximate surface area is 135 Å². The molecule has 0 bridgehead atoms. The van der Waals surface area contributed by atoms with Crippen LogP contribution in [0.1, 0.15) is 12.5 Å². The molecule has 0 radical (unpaired) electrons. The summed E-state index contributed by atoms with van der Waals surface area (Å²) in [5, 5.41) is 3.84. The molecule has 0 saturated carbocycles. The van der Waals surface area contributed by atoms with E-state index in [0.717, 1.165) is 18.7 Å². The van der Waals surface area contributed by atoms with Gasteiger partial charge in [-0.05, 0) is 13.0 Å². The monoisotopic (exact) mass is 324 g/mol. The van der Waals surface area contributed by atoms with Crippen LogP contribution in [0.4, 0.5) is 0 Å². The molecule has 1 aromatic carbocycles. The van der Waals surface area contributed by atoms with E-state index in [2.05, 4.69) is 5.32 Å². The molecule has 6 heteroatoms. The lowest BCUT2D eigenvalue weighted by atomic mass is 10.1.